The molecule has 27 heavy (non-hydrogen) atoms. The molecule has 0 bridgehead atoms. The van der Waals surface area contributed by atoms with Crippen LogP contribution in [0.1, 0.15) is 21.5 Å². The van der Waals surface area contributed by atoms with Crippen LogP contribution in [0.15, 0.2) is 60.9 Å². The van der Waals surface area contributed by atoms with Gasteiger partial charge in [0.05, 0.1) is 11.5 Å². The summed E-state index contributed by atoms with van der Waals surface area (Å²) in [7, 11) is 0. The molecule has 0 saturated carbocycles. The molecule has 0 unspecified atom stereocenters. The second-order valence-corrected chi connectivity index (χ2v) is 6.41. The van der Waals surface area contributed by atoms with Gasteiger partial charge in [-0.25, -0.2) is 0 Å². The lowest BCUT2D eigenvalue weighted by Gasteiger charge is -2.18. The molecule has 0 spiro atoms. The Morgan fingerprint density at radius 1 is 1.07 bits per heavy atom. The van der Waals surface area contributed by atoms with Crippen molar-refractivity contribution in [1.82, 2.24) is 4.98 Å². The van der Waals surface area contributed by atoms with E-state index in [-0.39, 0.29) is 11.6 Å². The van der Waals surface area contributed by atoms with Crippen LogP contribution in [0.3, 0.4) is 0 Å². The van der Waals surface area contributed by atoms with Crippen molar-refractivity contribution >= 4 is 28.7 Å². The van der Waals surface area contributed by atoms with E-state index in [1.54, 1.807) is 17.3 Å². The van der Waals surface area contributed by atoms with E-state index in [9.17, 15) is 14.9 Å². The van der Waals surface area contributed by atoms with Crippen LogP contribution in [0.25, 0.3) is 0 Å². The fourth-order valence-corrected chi connectivity index (χ4v) is 3.22. The Labute approximate surface area is 155 Å². The van der Waals surface area contributed by atoms with Gasteiger partial charge in [-0.05, 0) is 54.4 Å². The minimum Gasteiger partial charge on any atom is -0.355 e. The fourth-order valence-electron chi connectivity index (χ4n) is 3.22. The minimum absolute atomic E-state index is 0.00677. The van der Waals surface area contributed by atoms with Crippen LogP contribution >= 0.6 is 0 Å². The summed E-state index contributed by atoms with van der Waals surface area (Å²) in [6.45, 7) is 2.27. The van der Waals surface area contributed by atoms with Gasteiger partial charge >= 0.3 is 0 Å². The minimum atomic E-state index is -0.448. The maximum absolute atomic E-state index is 12.8. The number of amides is 1. The Balaban J connectivity index is 1.65. The number of non-ortho nitro benzene ring substituents is 1. The zero-order valence-electron chi connectivity index (χ0n) is 14.5. The van der Waals surface area contributed by atoms with Gasteiger partial charge in [0.1, 0.15) is 0 Å². The van der Waals surface area contributed by atoms with Gasteiger partial charge < -0.3 is 10.2 Å². The summed E-state index contributed by atoms with van der Waals surface area (Å²) in [6, 6.07) is 13.9. The number of pyridine rings is 1. The molecule has 7 nitrogen and oxygen atoms in total. The van der Waals surface area contributed by atoms with Gasteiger partial charge in [0, 0.05) is 47.2 Å². The van der Waals surface area contributed by atoms with Gasteiger partial charge in [-0.15, -0.1) is 0 Å². The van der Waals surface area contributed by atoms with Gasteiger partial charge in [-0.3, -0.25) is 19.9 Å². The van der Waals surface area contributed by atoms with Crippen molar-refractivity contribution in [3.63, 3.8) is 0 Å². The summed E-state index contributed by atoms with van der Waals surface area (Å²) in [5.41, 5.74) is 4.66. The van der Waals surface area contributed by atoms with Gasteiger partial charge in [0.2, 0.25) is 0 Å². The molecule has 134 valence electrons. The molecule has 1 N–H and O–H groups in total. The molecule has 1 amide bonds. The number of carbonyl (C=O) groups is 1. The molecule has 0 radical (unpaired) electrons. The van der Waals surface area contributed by atoms with Crippen molar-refractivity contribution in [2.75, 3.05) is 10.2 Å². The van der Waals surface area contributed by atoms with Gasteiger partial charge in [0.25, 0.3) is 11.6 Å². The third-order valence-electron chi connectivity index (χ3n) is 4.45. The predicted octanol–water partition coefficient (Wildman–Crippen LogP) is 4.20. The molecule has 1 aromatic heterocycles. The number of fused-ring (bicyclic) bond motifs is 1. The summed E-state index contributed by atoms with van der Waals surface area (Å²) >= 11 is 0. The van der Waals surface area contributed by atoms with Crippen LogP contribution in [-0.2, 0) is 6.54 Å². The molecule has 2 aromatic carbocycles. The summed E-state index contributed by atoms with van der Waals surface area (Å²) < 4.78 is 0. The number of hydrogen-bond donors (Lipinski definition) is 1. The van der Waals surface area contributed by atoms with Crippen LogP contribution in [0, 0.1) is 17.0 Å². The average Bonchev–Trinajstić information content (AvgIpc) is 2.98. The monoisotopic (exact) mass is 360 g/mol. The van der Waals surface area contributed by atoms with E-state index in [4.69, 9.17) is 0 Å². The zero-order valence-corrected chi connectivity index (χ0v) is 14.5. The van der Waals surface area contributed by atoms with Crippen LogP contribution < -0.4 is 10.2 Å². The Kier molecular flexibility index (Phi) is 4.04. The van der Waals surface area contributed by atoms with Crippen molar-refractivity contribution in [1.29, 1.82) is 0 Å². The van der Waals surface area contributed by atoms with Crippen LogP contribution in [0.4, 0.5) is 22.7 Å². The number of rotatable bonds is 4. The molecule has 1 aliphatic heterocycles. The first kappa shape index (κ1) is 16.7. The lowest BCUT2D eigenvalue weighted by atomic mass is 10.1. The number of hydrogen-bond acceptors (Lipinski definition) is 5. The molecule has 2 heterocycles. The van der Waals surface area contributed by atoms with E-state index in [0.717, 1.165) is 22.6 Å². The molecular formula is C20H16N4O3. The third kappa shape index (κ3) is 3.22. The molecule has 1 aliphatic rings. The first-order chi connectivity index (χ1) is 13.0. The SMILES string of the molecule is Cc1cc(Nc2ccncc2)cc(N2Cc3cc([N+](=O)[O-])ccc3C2=O)c1. The number of nitro groups is 1. The second-order valence-electron chi connectivity index (χ2n) is 6.41. The first-order valence-corrected chi connectivity index (χ1v) is 8.39. The average molecular weight is 360 g/mol. The van der Waals surface area contributed by atoms with Crippen molar-refractivity contribution in [2.24, 2.45) is 0 Å². The number of nitrogens with zero attached hydrogens (tertiary/aromatic N) is 3. The number of nitrogens with one attached hydrogen (secondary N) is 1. The fraction of sp³-hybridized carbons (Fsp3) is 0.100. The smallest absolute Gasteiger partial charge is 0.269 e. The van der Waals surface area contributed by atoms with Gasteiger partial charge in [-0.1, -0.05) is 0 Å². The number of aromatic nitrogens is 1. The van der Waals surface area contributed by atoms with Crippen molar-refractivity contribution in [3.05, 3.63) is 87.7 Å². The highest BCUT2D eigenvalue weighted by atomic mass is 16.6. The highest BCUT2D eigenvalue weighted by Crippen LogP contribution is 2.33. The number of anilines is 3. The highest BCUT2D eigenvalue weighted by Gasteiger charge is 2.30. The van der Waals surface area contributed by atoms with E-state index in [1.807, 2.05) is 37.3 Å². The van der Waals surface area contributed by atoms with Gasteiger partial charge in [-0.2, -0.15) is 0 Å². The maximum Gasteiger partial charge on any atom is 0.269 e. The summed E-state index contributed by atoms with van der Waals surface area (Å²) in [5, 5.41) is 14.3. The Bertz CT molecular complexity index is 1050. The van der Waals surface area contributed by atoms with E-state index in [0.29, 0.717) is 17.7 Å². The van der Waals surface area contributed by atoms with E-state index in [1.165, 1.54) is 18.2 Å². The number of aryl methyl sites for hydroxylation is 1. The van der Waals surface area contributed by atoms with E-state index in [2.05, 4.69) is 10.3 Å². The number of carbonyl (C=O) groups excluding carboxylic acids is 1. The summed E-state index contributed by atoms with van der Waals surface area (Å²) in [4.78, 5) is 29.0. The lowest BCUT2D eigenvalue weighted by molar-refractivity contribution is -0.384. The molecule has 0 aliphatic carbocycles. The van der Waals surface area contributed by atoms with Crippen LogP contribution in [0.2, 0.25) is 0 Å². The Hall–Kier alpha value is -3.74. The maximum atomic E-state index is 12.8. The number of benzene rings is 2. The summed E-state index contributed by atoms with van der Waals surface area (Å²) in [6.07, 6.45) is 3.40. The van der Waals surface area contributed by atoms with Crippen molar-refractivity contribution in [2.45, 2.75) is 13.5 Å². The van der Waals surface area contributed by atoms with E-state index < -0.39 is 4.92 Å². The molecule has 3 aromatic rings. The third-order valence-corrected chi connectivity index (χ3v) is 4.45. The van der Waals surface area contributed by atoms with Crippen molar-refractivity contribution < 1.29 is 9.72 Å². The van der Waals surface area contributed by atoms with Crippen LogP contribution in [0.5, 0.6) is 0 Å². The summed E-state index contributed by atoms with van der Waals surface area (Å²) in [5.74, 6) is -0.152. The van der Waals surface area contributed by atoms with Crippen LogP contribution in [-0.4, -0.2) is 15.8 Å². The Morgan fingerprint density at radius 2 is 1.85 bits per heavy atom. The first-order valence-electron chi connectivity index (χ1n) is 8.39. The zero-order chi connectivity index (χ0) is 19.0. The van der Waals surface area contributed by atoms with Crippen molar-refractivity contribution in [3.8, 4) is 0 Å². The quantitative estimate of drug-likeness (QED) is 0.556. The van der Waals surface area contributed by atoms with Gasteiger partial charge in [0.15, 0.2) is 0 Å². The number of nitro benzene ring substituents is 1. The molecule has 0 saturated heterocycles. The molecule has 4 rings (SSSR count). The lowest BCUT2D eigenvalue weighted by Crippen LogP contribution is -2.23. The molecular weight excluding hydrogens is 344 g/mol. The normalized spacial score (nSPS) is 12.8. The highest BCUT2D eigenvalue weighted by molar-refractivity contribution is 6.10. The van der Waals surface area contributed by atoms with E-state index >= 15 is 0 Å². The molecule has 0 atom stereocenters. The second kappa shape index (κ2) is 6.53. The largest absolute Gasteiger partial charge is 0.355 e. The molecule has 0 fully saturated rings. The molecule has 7 heteroatoms. The Morgan fingerprint density at radius 3 is 2.59 bits per heavy atom. The predicted molar refractivity (Wildman–Crippen MR) is 102 cm³/mol. The standard InChI is InChI=1S/C20H16N4O3/c1-13-8-16(22-15-4-6-21-7-5-15)11-18(9-13)23-12-14-10-17(24(26)27)2-3-19(14)20(23)25/h2-11H,12H2,1H3,(H,21,22). The topological polar surface area (TPSA) is 88.4 Å².